The molecule has 0 spiro atoms. The second kappa shape index (κ2) is 9.47. The molecule has 132 valence electrons. The molecule has 0 aliphatic carbocycles. The number of nitrogens with one attached hydrogen (secondary N) is 2. The molecule has 0 aliphatic rings. The van der Waals surface area contributed by atoms with Gasteiger partial charge in [0.05, 0.1) is 0 Å². The van der Waals surface area contributed by atoms with Gasteiger partial charge in [0, 0.05) is 11.5 Å². The van der Waals surface area contributed by atoms with Crippen LogP contribution in [0.15, 0.2) is 54.6 Å². The summed E-state index contributed by atoms with van der Waals surface area (Å²) in [7, 11) is 0. The highest BCUT2D eigenvalue weighted by molar-refractivity contribution is 5.84. The zero-order valence-corrected chi connectivity index (χ0v) is 14.6. The van der Waals surface area contributed by atoms with Gasteiger partial charge in [0.25, 0.3) is 5.91 Å². The molecule has 5 nitrogen and oxygen atoms in total. The Morgan fingerprint density at radius 1 is 1.00 bits per heavy atom. The van der Waals surface area contributed by atoms with Gasteiger partial charge in [-0.1, -0.05) is 68.8 Å². The van der Waals surface area contributed by atoms with Crippen LogP contribution in [-0.4, -0.2) is 18.4 Å². The van der Waals surface area contributed by atoms with E-state index in [1.54, 1.807) is 0 Å². The Hall–Kier alpha value is -2.82. The van der Waals surface area contributed by atoms with Crippen LogP contribution < -0.4 is 15.6 Å². The molecule has 0 saturated carbocycles. The maximum atomic E-state index is 11.9. The number of para-hydroxylation sites is 1. The zero-order chi connectivity index (χ0) is 18.1. The highest BCUT2D eigenvalue weighted by atomic mass is 16.5. The van der Waals surface area contributed by atoms with E-state index in [0.29, 0.717) is 5.75 Å². The summed E-state index contributed by atoms with van der Waals surface area (Å²) in [6.07, 6.45) is 1.70. The average molecular weight is 340 g/mol. The molecule has 0 heterocycles. The van der Waals surface area contributed by atoms with E-state index < -0.39 is 5.91 Å². The molecule has 2 amide bonds. The van der Waals surface area contributed by atoms with Crippen molar-refractivity contribution in [3.63, 3.8) is 0 Å². The molecule has 0 fully saturated rings. The van der Waals surface area contributed by atoms with Gasteiger partial charge in [-0.3, -0.25) is 20.4 Å². The van der Waals surface area contributed by atoms with Gasteiger partial charge in [0.2, 0.25) is 5.91 Å². The van der Waals surface area contributed by atoms with E-state index in [1.165, 1.54) is 0 Å². The van der Waals surface area contributed by atoms with Crippen molar-refractivity contribution in [3.05, 3.63) is 54.6 Å². The van der Waals surface area contributed by atoms with E-state index in [-0.39, 0.29) is 18.4 Å². The van der Waals surface area contributed by atoms with Crippen LogP contribution in [0.2, 0.25) is 0 Å². The number of carbonyl (C=O) groups excluding carboxylic acids is 2. The maximum Gasteiger partial charge on any atom is 0.276 e. The van der Waals surface area contributed by atoms with E-state index in [1.807, 2.05) is 68.4 Å². The van der Waals surface area contributed by atoms with Crippen molar-refractivity contribution in [3.8, 4) is 16.9 Å². The van der Waals surface area contributed by atoms with Crippen molar-refractivity contribution >= 4 is 11.8 Å². The van der Waals surface area contributed by atoms with Gasteiger partial charge in [-0.05, 0) is 18.1 Å². The first kappa shape index (κ1) is 18.5. The molecule has 25 heavy (non-hydrogen) atoms. The van der Waals surface area contributed by atoms with E-state index in [4.69, 9.17) is 4.74 Å². The predicted octanol–water partition coefficient (Wildman–Crippen LogP) is 3.32. The number of hydrogen-bond acceptors (Lipinski definition) is 3. The lowest BCUT2D eigenvalue weighted by molar-refractivity contribution is -0.131. The first-order valence-electron chi connectivity index (χ1n) is 8.47. The lowest BCUT2D eigenvalue weighted by Crippen LogP contribution is -2.45. The highest BCUT2D eigenvalue weighted by Crippen LogP contribution is 2.29. The molecule has 0 saturated heterocycles. The predicted molar refractivity (Wildman–Crippen MR) is 97.7 cm³/mol. The molecule has 5 heteroatoms. The lowest BCUT2D eigenvalue weighted by atomic mass is 10.1. The fraction of sp³-hybridized carbons (Fsp3) is 0.300. The monoisotopic (exact) mass is 340 g/mol. The van der Waals surface area contributed by atoms with Crippen LogP contribution in [0.1, 0.15) is 26.7 Å². The quantitative estimate of drug-likeness (QED) is 0.760. The second-order valence-electron chi connectivity index (χ2n) is 5.88. The van der Waals surface area contributed by atoms with Crippen LogP contribution in [-0.2, 0) is 9.59 Å². The minimum atomic E-state index is -0.403. The van der Waals surface area contributed by atoms with Crippen LogP contribution in [0, 0.1) is 5.92 Å². The van der Waals surface area contributed by atoms with Crippen LogP contribution in [0.5, 0.6) is 5.75 Å². The third-order valence-corrected chi connectivity index (χ3v) is 3.83. The second-order valence-corrected chi connectivity index (χ2v) is 5.88. The van der Waals surface area contributed by atoms with Gasteiger partial charge in [-0.25, -0.2) is 0 Å². The SMILES string of the molecule is CCCC(C)C(=O)NNC(=O)COc1ccccc1-c1ccccc1. The maximum absolute atomic E-state index is 11.9. The summed E-state index contributed by atoms with van der Waals surface area (Å²) in [6, 6.07) is 17.3. The third-order valence-electron chi connectivity index (χ3n) is 3.83. The summed E-state index contributed by atoms with van der Waals surface area (Å²) in [4.78, 5) is 23.7. The molecular weight excluding hydrogens is 316 g/mol. The normalized spacial score (nSPS) is 11.4. The summed E-state index contributed by atoms with van der Waals surface area (Å²) in [6.45, 7) is 3.67. The molecular formula is C20H24N2O3. The summed E-state index contributed by atoms with van der Waals surface area (Å²) in [5.41, 5.74) is 6.75. The van der Waals surface area contributed by atoms with Gasteiger partial charge in [-0.2, -0.15) is 0 Å². The standard InChI is InChI=1S/C20H24N2O3/c1-3-9-15(2)20(24)22-21-19(23)14-25-18-13-8-7-12-17(18)16-10-5-4-6-11-16/h4-8,10-13,15H,3,9,14H2,1-2H3,(H,21,23)(H,22,24). The van der Waals surface area contributed by atoms with Gasteiger partial charge >= 0.3 is 0 Å². The number of hydrogen-bond donors (Lipinski definition) is 2. The number of ether oxygens (including phenoxy) is 1. The molecule has 2 aromatic rings. The number of amides is 2. The molecule has 2 aromatic carbocycles. The lowest BCUT2D eigenvalue weighted by Gasteiger charge is -2.14. The largest absolute Gasteiger partial charge is 0.483 e. The molecule has 1 atom stereocenters. The Morgan fingerprint density at radius 2 is 1.68 bits per heavy atom. The van der Waals surface area contributed by atoms with Crippen LogP contribution in [0.3, 0.4) is 0 Å². The van der Waals surface area contributed by atoms with Crippen LogP contribution in [0.25, 0.3) is 11.1 Å². The molecule has 2 N–H and O–H groups in total. The van der Waals surface area contributed by atoms with Gasteiger partial charge in [0.1, 0.15) is 5.75 Å². The van der Waals surface area contributed by atoms with E-state index in [9.17, 15) is 9.59 Å². The highest BCUT2D eigenvalue weighted by Gasteiger charge is 2.13. The van der Waals surface area contributed by atoms with Crippen molar-refractivity contribution < 1.29 is 14.3 Å². The summed E-state index contributed by atoms with van der Waals surface area (Å²) in [5, 5.41) is 0. The Labute approximate surface area is 148 Å². The minimum Gasteiger partial charge on any atom is -0.483 e. The third kappa shape index (κ3) is 5.64. The molecule has 0 radical (unpaired) electrons. The first-order chi connectivity index (χ1) is 12.1. The van der Waals surface area contributed by atoms with E-state index in [0.717, 1.165) is 24.0 Å². The smallest absolute Gasteiger partial charge is 0.276 e. The first-order valence-corrected chi connectivity index (χ1v) is 8.47. The molecule has 0 aromatic heterocycles. The molecule has 2 rings (SSSR count). The Kier molecular flexibility index (Phi) is 7.01. The Bertz CT molecular complexity index is 701. The fourth-order valence-electron chi connectivity index (χ4n) is 2.45. The molecule has 0 aliphatic heterocycles. The van der Waals surface area contributed by atoms with Crippen molar-refractivity contribution in [2.45, 2.75) is 26.7 Å². The number of rotatable bonds is 7. The fourth-order valence-corrected chi connectivity index (χ4v) is 2.45. The van der Waals surface area contributed by atoms with Gasteiger partial charge in [0.15, 0.2) is 6.61 Å². The molecule has 1 unspecified atom stereocenters. The van der Waals surface area contributed by atoms with Crippen molar-refractivity contribution in [2.75, 3.05) is 6.61 Å². The van der Waals surface area contributed by atoms with E-state index >= 15 is 0 Å². The molecule has 0 bridgehead atoms. The van der Waals surface area contributed by atoms with Crippen LogP contribution >= 0.6 is 0 Å². The number of benzene rings is 2. The minimum absolute atomic E-state index is 0.134. The zero-order valence-electron chi connectivity index (χ0n) is 14.6. The van der Waals surface area contributed by atoms with Crippen molar-refractivity contribution in [1.82, 2.24) is 10.9 Å². The van der Waals surface area contributed by atoms with Gasteiger partial charge in [-0.15, -0.1) is 0 Å². The topological polar surface area (TPSA) is 67.4 Å². The average Bonchev–Trinajstić information content (AvgIpc) is 2.65. The van der Waals surface area contributed by atoms with E-state index in [2.05, 4.69) is 10.9 Å². The summed E-state index contributed by atoms with van der Waals surface area (Å²) >= 11 is 0. The Balaban J connectivity index is 1.89. The van der Waals surface area contributed by atoms with Crippen LogP contribution in [0.4, 0.5) is 0 Å². The Morgan fingerprint density at radius 3 is 2.40 bits per heavy atom. The van der Waals surface area contributed by atoms with Crippen molar-refractivity contribution in [2.24, 2.45) is 5.92 Å². The number of hydrazine groups is 1. The van der Waals surface area contributed by atoms with Crippen molar-refractivity contribution in [1.29, 1.82) is 0 Å². The van der Waals surface area contributed by atoms with Gasteiger partial charge < -0.3 is 4.74 Å². The summed E-state index contributed by atoms with van der Waals surface area (Å²) in [5.74, 6) is -0.112. The number of carbonyl (C=O) groups is 2. The summed E-state index contributed by atoms with van der Waals surface area (Å²) < 4.78 is 5.63.